The van der Waals surface area contributed by atoms with Gasteiger partial charge in [-0.15, -0.1) is 11.3 Å². The molecule has 0 spiro atoms. The van der Waals surface area contributed by atoms with E-state index in [0.29, 0.717) is 16.6 Å². The lowest BCUT2D eigenvalue weighted by Gasteiger charge is -2.05. The molecule has 0 aliphatic rings. The highest BCUT2D eigenvalue weighted by atomic mass is 32.1. The Bertz CT molecular complexity index is 317. The van der Waals surface area contributed by atoms with Crippen LogP contribution in [-0.4, -0.2) is 11.8 Å². The van der Waals surface area contributed by atoms with E-state index in [9.17, 15) is 4.79 Å². The van der Waals surface area contributed by atoms with Crippen LogP contribution in [0.1, 0.15) is 30.4 Å². The second kappa shape index (κ2) is 3.79. The predicted molar refractivity (Wildman–Crippen MR) is 57.5 cm³/mol. The van der Waals surface area contributed by atoms with Crippen LogP contribution in [0.15, 0.2) is 6.07 Å². The minimum absolute atomic E-state index is 0.0271. The Morgan fingerprint density at radius 1 is 1.62 bits per heavy atom. The Morgan fingerprint density at radius 3 is 2.62 bits per heavy atom. The van der Waals surface area contributed by atoms with Crippen LogP contribution in [0, 0.1) is 0 Å². The Balaban J connectivity index is 2.89. The summed E-state index contributed by atoms with van der Waals surface area (Å²) in [5.74, 6) is 0.0271. The molecule has 0 amide bonds. The summed E-state index contributed by atoms with van der Waals surface area (Å²) in [5.41, 5.74) is 6.24. The molecule has 13 heavy (non-hydrogen) atoms. The molecule has 0 saturated heterocycles. The number of nitrogens with two attached hydrogens (primary N) is 1. The van der Waals surface area contributed by atoms with Gasteiger partial charge in [-0.3, -0.25) is 4.79 Å². The van der Waals surface area contributed by atoms with Crippen molar-refractivity contribution < 1.29 is 4.79 Å². The fourth-order valence-electron chi connectivity index (χ4n) is 1.04. The van der Waals surface area contributed by atoms with Crippen LogP contribution < -0.4 is 11.1 Å². The van der Waals surface area contributed by atoms with E-state index in [1.807, 2.05) is 13.8 Å². The lowest BCUT2D eigenvalue weighted by atomic mass is 10.3. The maximum Gasteiger partial charge on any atom is 0.171 e. The third kappa shape index (κ3) is 2.45. The van der Waals surface area contributed by atoms with Crippen LogP contribution in [-0.2, 0) is 0 Å². The van der Waals surface area contributed by atoms with Crippen molar-refractivity contribution in [1.82, 2.24) is 0 Å². The number of hydrogen-bond acceptors (Lipinski definition) is 4. The Labute approximate surface area is 81.9 Å². The maximum absolute atomic E-state index is 11.1. The highest BCUT2D eigenvalue weighted by molar-refractivity contribution is 7.18. The average molecular weight is 198 g/mol. The van der Waals surface area contributed by atoms with Crippen LogP contribution in [0.5, 0.6) is 0 Å². The highest BCUT2D eigenvalue weighted by Crippen LogP contribution is 2.29. The molecule has 1 heterocycles. The molecule has 0 fully saturated rings. The molecule has 4 heteroatoms. The minimum atomic E-state index is 0.0271. The molecule has 0 radical (unpaired) electrons. The van der Waals surface area contributed by atoms with Crippen molar-refractivity contribution in [1.29, 1.82) is 0 Å². The van der Waals surface area contributed by atoms with Crippen molar-refractivity contribution in [3.63, 3.8) is 0 Å². The molecule has 1 rings (SSSR count). The van der Waals surface area contributed by atoms with Crippen molar-refractivity contribution >= 4 is 27.8 Å². The summed E-state index contributed by atoms with van der Waals surface area (Å²) >= 11 is 1.41. The van der Waals surface area contributed by atoms with Crippen LogP contribution >= 0.6 is 11.3 Å². The number of carbonyl (C=O) groups is 1. The zero-order valence-corrected chi connectivity index (χ0v) is 8.87. The molecule has 1 aromatic rings. The Morgan fingerprint density at radius 2 is 2.23 bits per heavy atom. The summed E-state index contributed by atoms with van der Waals surface area (Å²) in [5, 5.41) is 4.16. The van der Waals surface area contributed by atoms with Gasteiger partial charge in [-0.05, 0) is 19.9 Å². The number of Topliss-reactive ketones (excluding diaryl/α,β-unsaturated/α-hetero) is 1. The topological polar surface area (TPSA) is 55.1 Å². The van der Waals surface area contributed by atoms with Gasteiger partial charge in [0.05, 0.1) is 15.6 Å². The Kier molecular flexibility index (Phi) is 2.93. The minimum Gasteiger partial charge on any atom is -0.397 e. The van der Waals surface area contributed by atoms with Gasteiger partial charge >= 0.3 is 0 Å². The molecule has 0 aliphatic carbocycles. The number of ketones is 1. The quantitative estimate of drug-likeness (QED) is 0.733. The number of carbonyl (C=O) groups excluding carboxylic acids is 1. The SMILES string of the molecule is CC(=O)c1sc(NC(C)C)cc1N. The van der Waals surface area contributed by atoms with Gasteiger partial charge in [0.15, 0.2) is 5.78 Å². The maximum atomic E-state index is 11.1. The molecule has 0 unspecified atom stereocenters. The number of rotatable bonds is 3. The fourth-order valence-corrected chi connectivity index (χ4v) is 2.06. The molecule has 0 bridgehead atoms. The van der Waals surface area contributed by atoms with Crippen molar-refractivity contribution in [2.24, 2.45) is 0 Å². The first-order valence-corrected chi connectivity index (χ1v) is 4.99. The summed E-state index contributed by atoms with van der Waals surface area (Å²) < 4.78 is 0. The number of hydrogen-bond donors (Lipinski definition) is 2. The van der Waals surface area contributed by atoms with Gasteiger partial charge in [0.1, 0.15) is 0 Å². The van der Waals surface area contributed by atoms with Gasteiger partial charge in [-0.25, -0.2) is 0 Å². The molecule has 72 valence electrons. The van der Waals surface area contributed by atoms with Gasteiger partial charge in [-0.2, -0.15) is 0 Å². The lowest BCUT2D eigenvalue weighted by Crippen LogP contribution is -2.07. The van der Waals surface area contributed by atoms with Crippen LogP contribution in [0.2, 0.25) is 0 Å². The normalized spacial score (nSPS) is 10.5. The van der Waals surface area contributed by atoms with Crippen molar-refractivity contribution in [2.45, 2.75) is 26.8 Å². The van der Waals surface area contributed by atoms with E-state index >= 15 is 0 Å². The molecule has 3 N–H and O–H groups in total. The largest absolute Gasteiger partial charge is 0.397 e. The summed E-state index contributed by atoms with van der Waals surface area (Å²) in [6.45, 7) is 5.62. The molecule has 0 aromatic carbocycles. The molecule has 0 saturated carbocycles. The number of nitrogens with one attached hydrogen (secondary N) is 1. The van der Waals surface area contributed by atoms with Crippen LogP contribution in [0.3, 0.4) is 0 Å². The first-order chi connectivity index (χ1) is 6.00. The third-order valence-corrected chi connectivity index (χ3v) is 2.69. The number of nitrogen functional groups attached to an aromatic ring is 1. The highest BCUT2D eigenvalue weighted by Gasteiger charge is 2.10. The van der Waals surface area contributed by atoms with Gasteiger partial charge in [-0.1, -0.05) is 0 Å². The molecular formula is C9H14N2OS. The van der Waals surface area contributed by atoms with Crippen LogP contribution in [0.25, 0.3) is 0 Å². The van der Waals surface area contributed by atoms with Crippen LogP contribution in [0.4, 0.5) is 10.7 Å². The average Bonchev–Trinajstić information content (AvgIpc) is 2.29. The summed E-state index contributed by atoms with van der Waals surface area (Å²) in [7, 11) is 0. The smallest absolute Gasteiger partial charge is 0.171 e. The van der Waals surface area contributed by atoms with E-state index in [1.54, 1.807) is 6.07 Å². The predicted octanol–water partition coefficient (Wildman–Crippen LogP) is 2.35. The second-order valence-electron chi connectivity index (χ2n) is 3.25. The van der Waals surface area contributed by atoms with E-state index in [1.165, 1.54) is 18.3 Å². The molecular weight excluding hydrogens is 184 g/mol. The van der Waals surface area contributed by atoms with E-state index < -0.39 is 0 Å². The van der Waals surface area contributed by atoms with Crippen molar-refractivity contribution in [3.05, 3.63) is 10.9 Å². The van der Waals surface area contributed by atoms with E-state index in [4.69, 9.17) is 5.73 Å². The monoisotopic (exact) mass is 198 g/mol. The third-order valence-electron chi connectivity index (χ3n) is 1.51. The fraction of sp³-hybridized carbons (Fsp3) is 0.444. The Hall–Kier alpha value is -1.03. The van der Waals surface area contributed by atoms with Gasteiger partial charge < -0.3 is 11.1 Å². The standard InChI is InChI=1S/C9H14N2OS/c1-5(2)11-8-4-7(10)9(13-8)6(3)12/h4-5,11H,10H2,1-3H3. The summed E-state index contributed by atoms with van der Waals surface area (Å²) in [6.07, 6.45) is 0. The molecule has 1 aromatic heterocycles. The second-order valence-corrected chi connectivity index (χ2v) is 4.30. The van der Waals surface area contributed by atoms with Crippen molar-refractivity contribution in [3.8, 4) is 0 Å². The van der Waals surface area contributed by atoms with E-state index in [0.717, 1.165) is 5.00 Å². The van der Waals surface area contributed by atoms with E-state index in [-0.39, 0.29) is 5.78 Å². The first kappa shape index (κ1) is 10.1. The lowest BCUT2D eigenvalue weighted by molar-refractivity contribution is 0.102. The van der Waals surface area contributed by atoms with Gasteiger partial charge in [0.25, 0.3) is 0 Å². The summed E-state index contributed by atoms with van der Waals surface area (Å²) in [4.78, 5) is 11.7. The number of anilines is 2. The first-order valence-electron chi connectivity index (χ1n) is 4.17. The summed E-state index contributed by atoms with van der Waals surface area (Å²) in [6, 6.07) is 2.17. The zero-order valence-electron chi connectivity index (χ0n) is 8.05. The zero-order chi connectivity index (χ0) is 10.0. The molecule has 3 nitrogen and oxygen atoms in total. The molecule has 0 aliphatic heterocycles. The number of thiophene rings is 1. The van der Waals surface area contributed by atoms with Gasteiger partial charge in [0, 0.05) is 13.0 Å². The van der Waals surface area contributed by atoms with Crippen molar-refractivity contribution in [2.75, 3.05) is 11.1 Å². The van der Waals surface area contributed by atoms with E-state index in [2.05, 4.69) is 5.32 Å². The van der Waals surface area contributed by atoms with Gasteiger partial charge in [0.2, 0.25) is 0 Å². The molecule has 0 atom stereocenters.